The van der Waals surface area contributed by atoms with E-state index in [1.54, 1.807) is 7.11 Å². The van der Waals surface area contributed by atoms with Gasteiger partial charge in [-0.25, -0.2) is 0 Å². The van der Waals surface area contributed by atoms with Gasteiger partial charge in [0.15, 0.2) is 0 Å². The minimum Gasteiger partial charge on any atom is -0.495 e. The van der Waals surface area contributed by atoms with Gasteiger partial charge in [0, 0.05) is 5.54 Å². The summed E-state index contributed by atoms with van der Waals surface area (Å²) in [7, 11) is 1.62. The molecule has 70 valence electrons. The normalized spacial score (nSPS) is 18.3. The van der Waals surface area contributed by atoms with E-state index in [0.717, 1.165) is 18.4 Å². The van der Waals surface area contributed by atoms with Crippen molar-refractivity contribution < 1.29 is 4.74 Å². The van der Waals surface area contributed by atoms with Crippen LogP contribution in [0.25, 0.3) is 0 Å². The van der Waals surface area contributed by atoms with Crippen LogP contribution in [0.15, 0.2) is 18.2 Å². The number of anilines is 1. The highest BCUT2D eigenvalue weighted by molar-refractivity contribution is 5.62. The number of hydrogen-bond donors (Lipinski definition) is 2. The molecule has 4 N–H and O–H groups in total. The first kappa shape index (κ1) is 8.38. The van der Waals surface area contributed by atoms with E-state index in [0.29, 0.717) is 11.4 Å². The van der Waals surface area contributed by atoms with Gasteiger partial charge in [0.25, 0.3) is 0 Å². The number of para-hydroxylation sites is 1. The summed E-state index contributed by atoms with van der Waals surface area (Å²) >= 11 is 0. The minimum absolute atomic E-state index is 0.182. The summed E-state index contributed by atoms with van der Waals surface area (Å²) in [6, 6.07) is 5.76. The van der Waals surface area contributed by atoms with E-state index in [1.807, 2.05) is 18.2 Å². The molecule has 13 heavy (non-hydrogen) atoms. The molecule has 1 aromatic rings. The number of methoxy groups -OCH3 is 1. The number of hydrogen-bond acceptors (Lipinski definition) is 3. The fourth-order valence-electron chi connectivity index (χ4n) is 1.56. The summed E-state index contributed by atoms with van der Waals surface area (Å²) in [6.45, 7) is 0. The lowest BCUT2D eigenvalue weighted by atomic mass is 10.0. The maximum absolute atomic E-state index is 6.06. The van der Waals surface area contributed by atoms with Gasteiger partial charge in [-0.15, -0.1) is 0 Å². The molecule has 1 fully saturated rings. The second-order valence-corrected chi connectivity index (χ2v) is 3.58. The molecule has 0 spiro atoms. The van der Waals surface area contributed by atoms with Crippen molar-refractivity contribution in [3.05, 3.63) is 23.8 Å². The maximum atomic E-state index is 6.06. The molecule has 1 aromatic carbocycles. The molecule has 2 rings (SSSR count). The summed E-state index contributed by atoms with van der Waals surface area (Å²) in [6.07, 6.45) is 2.04. The van der Waals surface area contributed by atoms with Crippen molar-refractivity contribution in [2.75, 3.05) is 12.8 Å². The van der Waals surface area contributed by atoms with E-state index < -0.39 is 0 Å². The average Bonchev–Trinajstić information content (AvgIpc) is 2.85. The highest BCUT2D eigenvalue weighted by atomic mass is 16.5. The minimum atomic E-state index is -0.182. The Morgan fingerprint density at radius 1 is 1.38 bits per heavy atom. The van der Waals surface area contributed by atoms with Gasteiger partial charge in [0.1, 0.15) is 5.75 Å². The van der Waals surface area contributed by atoms with E-state index >= 15 is 0 Å². The summed E-state index contributed by atoms with van der Waals surface area (Å²) in [5, 5.41) is 0. The molecule has 3 nitrogen and oxygen atoms in total. The van der Waals surface area contributed by atoms with Gasteiger partial charge < -0.3 is 16.2 Å². The van der Waals surface area contributed by atoms with Crippen LogP contribution in [0.3, 0.4) is 0 Å². The maximum Gasteiger partial charge on any atom is 0.142 e. The van der Waals surface area contributed by atoms with E-state index in [2.05, 4.69) is 0 Å². The topological polar surface area (TPSA) is 61.3 Å². The van der Waals surface area contributed by atoms with Gasteiger partial charge in [0.05, 0.1) is 12.8 Å². The van der Waals surface area contributed by atoms with Crippen LogP contribution in [-0.4, -0.2) is 7.11 Å². The van der Waals surface area contributed by atoms with Crippen molar-refractivity contribution in [2.45, 2.75) is 18.4 Å². The number of benzene rings is 1. The molecular weight excluding hydrogens is 164 g/mol. The Morgan fingerprint density at radius 3 is 2.62 bits per heavy atom. The van der Waals surface area contributed by atoms with Gasteiger partial charge in [-0.1, -0.05) is 12.1 Å². The Bertz CT molecular complexity index is 332. The second kappa shape index (κ2) is 2.64. The smallest absolute Gasteiger partial charge is 0.142 e. The molecule has 0 atom stereocenters. The van der Waals surface area contributed by atoms with Crippen molar-refractivity contribution in [1.82, 2.24) is 0 Å². The fraction of sp³-hybridized carbons (Fsp3) is 0.400. The Kier molecular flexibility index (Phi) is 1.70. The SMILES string of the molecule is COc1cccc(C2(N)CC2)c1N. The van der Waals surface area contributed by atoms with Gasteiger partial charge >= 0.3 is 0 Å². The van der Waals surface area contributed by atoms with Gasteiger partial charge in [0.2, 0.25) is 0 Å². The molecule has 1 aliphatic carbocycles. The number of ether oxygens (including phenoxy) is 1. The number of nitrogen functional groups attached to an aromatic ring is 1. The summed E-state index contributed by atoms with van der Waals surface area (Å²) in [5.74, 6) is 0.717. The van der Waals surface area contributed by atoms with Crippen molar-refractivity contribution in [2.24, 2.45) is 5.73 Å². The van der Waals surface area contributed by atoms with Gasteiger partial charge in [-0.2, -0.15) is 0 Å². The first-order chi connectivity index (χ1) is 6.17. The fourth-order valence-corrected chi connectivity index (χ4v) is 1.56. The molecule has 1 aliphatic rings. The molecule has 0 amide bonds. The van der Waals surface area contributed by atoms with E-state index in [1.165, 1.54) is 0 Å². The van der Waals surface area contributed by atoms with Crippen LogP contribution in [0.4, 0.5) is 5.69 Å². The molecule has 3 heteroatoms. The van der Waals surface area contributed by atoms with Crippen molar-refractivity contribution in [1.29, 1.82) is 0 Å². The zero-order chi connectivity index (χ0) is 9.47. The Hall–Kier alpha value is -1.22. The second-order valence-electron chi connectivity index (χ2n) is 3.58. The van der Waals surface area contributed by atoms with Gasteiger partial charge in [-0.05, 0) is 24.5 Å². The average molecular weight is 178 g/mol. The van der Waals surface area contributed by atoms with Crippen LogP contribution in [0, 0.1) is 0 Å². The lowest BCUT2D eigenvalue weighted by molar-refractivity contribution is 0.416. The number of rotatable bonds is 2. The number of nitrogens with two attached hydrogens (primary N) is 2. The summed E-state index contributed by atoms with van der Waals surface area (Å²) in [5.41, 5.74) is 13.5. The Morgan fingerprint density at radius 2 is 2.08 bits per heavy atom. The quantitative estimate of drug-likeness (QED) is 0.669. The largest absolute Gasteiger partial charge is 0.495 e. The molecular formula is C10H14N2O. The predicted molar refractivity (Wildman–Crippen MR) is 52.5 cm³/mol. The van der Waals surface area contributed by atoms with Crippen LogP contribution >= 0.6 is 0 Å². The third-order valence-corrected chi connectivity index (χ3v) is 2.61. The highest BCUT2D eigenvalue weighted by Gasteiger charge is 2.41. The standard InChI is InChI=1S/C10H14N2O/c1-13-8-4-2-3-7(9(8)11)10(12)5-6-10/h2-4H,5-6,11-12H2,1H3. The third kappa shape index (κ3) is 1.25. The zero-order valence-corrected chi connectivity index (χ0v) is 7.71. The van der Waals surface area contributed by atoms with Crippen LogP contribution in [0.2, 0.25) is 0 Å². The van der Waals surface area contributed by atoms with Crippen molar-refractivity contribution in [3.63, 3.8) is 0 Å². The molecule has 0 bridgehead atoms. The molecule has 0 unspecified atom stereocenters. The Labute approximate surface area is 77.7 Å². The van der Waals surface area contributed by atoms with Crippen molar-refractivity contribution in [3.8, 4) is 5.75 Å². The van der Waals surface area contributed by atoms with Crippen LogP contribution in [-0.2, 0) is 5.54 Å². The van der Waals surface area contributed by atoms with Gasteiger partial charge in [-0.3, -0.25) is 0 Å². The monoisotopic (exact) mass is 178 g/mol. The van der Waals surface area contributed by atoms with Crippen LogP contribution in [0.5, 0.6) is 5.75 Å². The van der Waals surface area contributed by atoms with E-state index in [4.69, 9.17) is 16.2 Å². The highest BCUT2D eigenvalue weighted by Crippen LogP contribution is 2.46. The zero-order valence-electron chi connectivity index (χ0n) is 7.71. The van der Waals surface area contributed by atoms with Crippen molar-refractivity contribution >= 4 is 5.69 Å². The van der Waals surface area contributed by atoms with Crippen LogP contribution < -0.4 is 16.2 Å². The summed E-state index contributed by atoms with van der Waals surface area (Å²) < 4.78 is 5.13. The van der Waals surface area contributed by atoms with E-state index in [9.17, 15) is 0 Å². The molecule has 0 aromatic heterocycles. The first-order valence-corrected chi connectivity index (χ1v) is 4.39. The summed E-state index contributed by atoms with van der Waals surface area (Å²) in [4.78, 5) is 0. The Balaban J connectivity index is 2.46. The third-order valence-electron chi connectivity index (χ3n) is 2.61. The molecule has 0 aliphatic heterocycles. The molecule has 1 saturated carbocycles. The van der Waals surface area contributed by atoms with E-state index in [-0.39, 0.29) is 5.54 Å². The molecule has 0 radical (unpaired) electrons. The lowest BCUT2D eigenvalue weighted by Crippen LogP contribution is -2.20. The lowest BCUT2D eigenvalue weighted by Gasteiger charge is -2.14. The first-order valence-electron chi connectivity index (χ1n) is 4.39. The van der Waals surface area contributed by atoms with Crippen LogP contribution in [0.1, 0.15) is 18.4 Å². The molecule has 0 heterocycles. The molecule has 0 saturated heterocycles. The predicted octanol–water partition coefficient (Wildman–Crippen LogP) is 1.23.